The van der Waals surface area contributed by atoms with Gasteiger partial charge in [-0.3, -0.25) is 4.99 Å². The zero-order valence-corrected chi connectivity index (χ0v) is 16.5. The lowest BCUT2D eigenvalue weighted by molar-refractivity contribution is 0.174. The molecule has 0 aliphatic carbocycles. The second-order valence-electron chi connectivity index (χ2n) is 5.55. The van der Waals surface area contributed by atoms with Gasteiger partial charge in [0.15, 0.2) is 11.5 Å². The van der Waals surface area contributed by atoms with E-state index in [-0.39, 0.29) is 6.79 Å². The summed E-state index contributed by atoms with van der Waals surface area (Å²) in [5.41, 5.74) is 3.04. The number of rotatable bonds is 4. The molecule has 0 saturated heterocycles. The van der Waals surface area contributed by atoms with E-state index in [0.29, 0.717) is 6.54 Å². The summed E-state index contributed by atoms with van der Waals surface area (Å²) < 4.78 is 13.7. The Bertz CT molecular complexity index is 1020. The summed E-state index contributed by atoms with van der Waals surface area (Å²) in [4.78, 5) is 5.42. The van der Waals surface area contributed by atoms with E-state index in [9.17, 15) is 0 Å². The average Bonchev–Trinajstić information content (AvgIpc) is 3.27. The van der Waals surface area contributed by atoms with Crippen molar-refractivity contribution in [3.05, 3.63) is 62.7 Å². The topological polar surface area (TPSA) is 48.1 Å². The molecule has 0 fully saturated rings. The molecule has 5 nitrogen and oxygen atoms in total. The summed E-state index contributed by atoms with van der Waals surface area (Å²) in [7, 11) is 0. The van der Waals surface area contributed by atoms with Gasteiger partial charge in [-0.15, -0.1) is 11.3 Å². The number of benzene rings is 2. The highest BCUT2D eigenvalue weighted by Crippen LogP contribution is 2.32. The maximum absolute atomic E-state index is 5.43. The molecule has 0 atom stereocenters. The monoisotopic (exact) mass is 429 g/mol. The fraction of sp³-hybridized carbons (Fsp3) is 0.158. The van der Waals surface area contributed by atoms with Gasteiger partial charge in [-0.2, -0.15) is 5.10 Å². The van der Waals surface area contributed by atoms with Crippen LogP contribution in [-0.2, 0) is 0 Å². The van der Waals surface area contributed by atoms with Gasteiger partial charge in [-0.25, -0.2) is 4.68 Å². The zero-order chi connectivity index (χ0) is 17.9. The molecular weight excluding hydrogens is 414 g/mol. The van der Waals surface area contributed by atoms with Crippen molar-refractivity contribution in [1.82, 2.24) is 4.68 Å². The SMILES string of the molecule is CCN=c1scc(-c2ccc(Br)cc2)n1N=Cc1ccc2c(c1)OCO2. The van der Waals surface area contributed by atoms with E-state index < -0.39 is 0 Å². The van der Waals surface area contributed by atoms with Crippen LogP contribution in [-0.4, -0.2) is 24.2 Å². The molecule has 4 rings (SSSR count). The third-order valence-corrected chi connectivity index (χ3v) is 5.22. The Morgan fingerprint density at radius 2 is 1.96 bits per heavy atom. The molecule has 0 N–H and O–H groups in total. The lowest BCUT2D eigenvalue weighted by atomic mass is 10.2. The first-order valence-electron chi connectivity index (χ1n) is 8.15. The quantitative estimate of drug-likeness (QED) is 0.572. The molecule has 0 spiro atoms. The average molecular weight is 430 g/mol. The van der Waals surface area contributed by atoms with Crippen molar-refractivity contribution in [2.45, 2.75) is 6.92 Å². The number of nitrogens with zero attached hydrogens (tertiary/aromatic N) is 3. The van der Waals surface area contributed by atoms with Crippen LogP contribution < -0.4 is 14.3 Å². The Labute approximate surface area is 163 Å². The number of thiazole rings is 1. The molecule has 26 heavy (non-hydrogen) atoms. The van der Waals surface area contributed by atoms with Gasteiger partial charge in [0.1, 0.15) is 0 Å². The molecular formula is C19H16BrN3O2S. The van der Waals surface area contributed by atoms with Crippen molar-refractivity contribution in [2.75, 3.05) is 13.3 Å². The number of hydrogen-bond acceptors (Lipinski definition) is 5. The lowest BCUT2D eigenvalue weighted by Crippen LogP contribution is -2.12. The molecule has 0 bridgehead atoms. The zero-order valence-electron chi connectivity index (χ0n) is 14.1. The molecule has 1 aliphatic rings. The highest BCUT2D eigenvalue weighted by Gasteiger charge is 2.13. The summed E-state index contributed by atoms with van der Waals surface area (Å²) in [6, 6.07) is 14.0. The van der Waals surface area contributed by atoms with Crippen molar-refractivity contribution in [2.24, 2.45) is 10.1 Å². The van der Waals surface area contributed by atoms with Gasteiger partial charge in [-0.1, -0.05) is 28.1 Å². The lowest BCUT2D eigenvalue weighted by Gasteiger charge is -2.04. The Morgan fingerprint density at radius 3 is 2.77 bits per heavy atom. The van der Waals surface area contributed by atoms with Crippen molar-refractivity contribution in [1.29, 1.82) is 0 Å². The van der Waals surface area contributed by atoms with Gasteiger partial charge in [-0.05, 0) is 42.8 Å². The normalized spacial score (nSPS) is 13.7. The van der Waals surface area contributed by atoms with Crippen LogP contribution in [0, 0.1) is 0 Å². The third-order valence-electron chi connectivity index (χ3n) is 3.84. The van der Waals surface area contributed by atoms with Crippen LogP contribution in [0.5, 0.6) is 11.5 Å². The molecule has 132 valence electrons. The smallest absolute Gasteiger partial charge is 0.231 e. The maximum atomic E-state index is 5.43. The summed E-state index contributed by atoms with van der Waals surface area (Å²) in [6.07, 6.45) is 1.81. The predicted molar refractivity (Wildman–Crippen MR) is 107 cm³/mol. The van der Waals surface area contributed by atoms with Gasteiger partial charge in [0.25, 0.3) is 0 Å². The van der Waals surface area contributed by atoms with Crippen LogP contribution in [0.2, 0.25) is 0 Å². The van der Waals surface area contributed by atoms with E-state index in [4.69, 9.17) is 9.47 Å². The van der Waals surface area contributed by atoms with Gasteiger partial charge in [0, 0.05) is 22.0 Å². The van der Waals surface area contributed by atoms with Crippen LogP contribution >= 0.6 is 27.3 Å². The van der Waals surface area contributed by atoms with Crippen molar-refractivity contribution < 1.29 is 9.47 Å². The van der Waals surface area contributed by atoms with Gasteiger partial charge in [0.05, 0.1) is 11.9 Å². The summed E-state index contributed by atoms with van der Waals surface area (Å²) in [5, 5.41) is 6.76. The van der Waals surface area contributed by atoms with E-state index in [0.717, 1.165) is 37.6 Å². The standard InChI is InChI=1S/C19H16BrN3O2S/c1-2-21-19-23(16(11-26-19)14-4-6-15(20)7-5-14)22-10-13-3-8-17-18(9-13)25-12-24-17/h3-11H,2,12H2,1H3. The molecule has 0 saturated carbocycles. The maximum Gasteiger partial charge on any atom is 0.231 e. The van der Waals surface area contributed by atoms with E-state index in [1.54, 1.807) is 11.3 Å². The number of aromatic nitrogens is 1. The van der Waals surface area contributed by atoms with Crippen LogP contribution in [0.15, 0.2) is 62.4 Å². The fourth-order valence-electron chi connectivity index (χ4n) is 2.59. The van der Waals surface area contributed by atoms with Crippen LogP contribution in [0.1, 0.15) is 12.5 Å². The second kappa shape index (κ2) is 7.47. The van der Waals surface area contributed by atoms with Crippen LogP contribution in [0.3, 0.4) is 0 Å². The first kappa shape index (κ1) is 17.1. The first-order chi connectivity index (χ1) is 12.7. The number of hydrogen-bond donors (Lipinski definition) is 0. The van der Waals surface area contributed by atoms with Gasteiger partial charge < -0.3 is 9.47 Å². The highest BCUT2D eigenvalue weighted by molar-refractivity contribution is 9.10. The predicted octanol–water partition coefficient (Wildman–Crippen LogP) is 4.51. The van der Waals surface area contributed by atoms with Crippen molar-refractivity contribution in [3.63, 3.8) is 0 Å². The molecule has 3 aromatic rings. The third kappa shape index (κ3) is 3.45. The number of halogens is 1. The Balaban J connectivity index is 1.73. The molecule has 0 radical (unpaired) electrons. The number of ether oxygens (including phenoxy) is 2. The van der Waals surface area contributed by atoms with Crippen molar-refractivity contribution in [3.8, 4) is 22.8 Å². The molecule has 2 aromatic carbocycles. The molecule has 7 heteroatoms. The highest BCUT2D eigenvalue weighted by atomic mass is 79.9. The largest absolute Gasteiger partial charge is 0.454 e. The summed E-state index contributed by atoms with van der Waals surface area (Å²) >= 11 is 5.06. The Kier molecular flexibility index (Phi) is 4.90. The Hall–Kier alpha value is -2.38. The van der Waals surface area contributed by atoms with Crippen LogP contribution in [0.4, 0.5) is 0 Å². The minimum absolute atomic E-state index is 0.266. The van der Waals surface area contributed by atoms with E-state index >= 15 is 0 Å². The van der Waals surface area contributed by atoms with E-state index in [1.807, 2.05) is 48.1 Å². The van der Waals surface area contributed by atoms with Gasteiger partial charge >= 0.3 is 0 Å². The fourth-order valence-corrected chi connectivity index (χ4v) is 3.76. The minimum atomic E-state index is 0.266. The molecule has 0 unspecified atom stereocenters. The van der Waals surface area contributed by atoms with Gasteiger partial charge in [0.2, 0.25) is 11.6 Å². The summed E-state index contributed by atoms with van der Waals surface area (Å²) in [5.74, 6) is 1.51. The van der Waals surface area contributed by atoms with Crippen LogP contribution in [0.25, 0.3) is 11.3 Å². The number of fused-ring (bicyclic) bond motifs is 1. The summed E-state index contributed by atoms with van der Waals surface area (Å²) in [6.45, 7) is 2.99. The molecule has 2 heterocycles. The molecule has 1 aliphatic heterocycles. The van der Waals surface area contributed by atoms with Crippen molar-refractivity contribution >= 4 is 33.5 Å². The Morgan fingerprint density at radius 1 is 1.15 bits per heavy atom. The van der Waals surface area contributed by atoms with E-state index in [1.165, 1.54) is 0 Å². The molecule has 1 aromatic heterocycles. The first-order valence-corrected chi connectivity index (χ1v) is 9.83. The molecule has 0 amide bonds. The van der Waals surface area contributed by atoms with E-state index in [2.05, 4.69) is 43.5 Å². The minimum Gasteiger partial charge on any atom is -0.454 e. The second-order valence-corrected chi connectivity index (χ2v) is 7.31.